The van der Waals surface area contributed by atoms with Crippen LogP contribution < -0.4 is 5.32 Å². The van der Waals surface area contributed by atoms with Crippen molar-refractivity contribution in [3.05, 3.63) is 0 Å². The highest BCUT2D eigenvalue weighted by molar-refractivity contribution is 5.78. The summed E-state index contributed by atoms with van der Waals surface area (Å²) >= 11 is 0. The lowest BCUT2D eigenvalue weighted by atomic mass is 10.1. The van der Waals surface area contributed by atoms with E-state index in [0.29, 0.717) is 12.5 Å². The number of likely N-dealkylation sites (tertiary alicyclic amines) is 1. The maximum Gasteiger partial charge on any atom is 0.236 e. The predicted molar refractivity (Wildman–Crippen MR) is 60.6 cm³/mol. The lowest BCUT2D eigenvalue weighted by Gasteiger charge is -2.26. The van der Waals surface area contributed by atoms with Crippen LogP contribution in [0.1, 0.15) is 38.5 Å². The molecular formula is C12H22N2O. The summed E-state index contributed by atoms with van der Waals surface area (Å²) in [4.78, 5) is 13.7. The van der Waals surface area contributed by atoms with Crippen LogP contribution in [0.5, 0.6) is 0 Å². The number of nitrogens with one attached hydrogen (secondary N) is 1. The van der Waals surface area contributed by atoms with Gasteiger partial charge in [-0.15, -0.1) is 0 Å². The number of piperidine rings is 1. The van der Waals surface area contributed by atoms with Crippen LogP contribution in [0, 0.1) is 5.92 Å². The minimum absolute atomic E-state index is 0.297. The Balaban J connectivity index is 1.54. The SMILES string of the molecule is O=C(CNCCC1CC1)N1CCCCC1. The molecule has 0 atom stereocenters. The van der Waals surface area contributed by atoms with E-state index in [0.717, 1.165) is 25.6 Å². The standard InChI is InChI=1S/C12H22N2O/c15-12(14-8-2-1-3-9-14)10-13-7-6-11-4-5-11/h11,13H,1-10H2. The van der Waals surface area contributed by atoms with Gasteiger partial charge in [0, 0.05) is 13.1 Å². The van der Waals surface area contributed by atoms with Crippen molar-refractivity contribution in [2.24, 2.45) is 5.92 Å². The molecule has 1 heterocycles. The van der Waals surface area contributed by atoms with Gasteiger partial charge in [-0.25, -0.2) is 0 Å². The van der Waals surface area contributed by atoms with E-state index in [1.807, 2.05) is 4.90 Å². The zero-order valence-electron chi connectivity index (χ0n) is 9.50. The van der Waals surface area contributed by atoms with Crippen molar-refractivity contribution in [2.75, 3.05) is 26.2 Å². The Morgan fingerprint density at radius 2 is 1.93 bits per heavy atom. The third-order valence-electron chi connectivity index (χ3n) is 3.41. The number of rotatable bonds is 5. The quantitative estimate of drug-likeness (QED) is 0.695. The highest BCUT2D eigenvalue weighted by Crippen LogP contribution is 2.31. The molecule has 2 fully saturated rings. The molecule has 15 heavy (non-hydrogen) atoms. The van der Waals surface area contributed by atoms with E-state index in [-0.39, 0.29) is 0 Å². The first-order valence-electron chi connectivity index (χ1n) is 6.35. The summed E-state index contributed by atoms with van der Waals surface area (Å²) in [6.45, 7) is 3.52. The first-order chi connectivity index (χ1) is 7.36. The fourth-order valence-electron chi connectivity index (χ4n) is 2.16. The molecule has 1 saturated heterocycles. The van der Waals surface area contributed by atoms with Gasteiger partial charge in [-0.3, -0.25) is 4.79 Å². The van der Waals surface area contributed by atoms with Crippen LogP contribution in [0.2, 0.25) is 0 Å². The highest BCUT2D eigenvalue weighted by Gasteiger charge is 2.20. The molecule has 0 unspecified atom stereocenters. The van der Waals surface area contributed by atoms with Gasteiger partial charge in [0.1, 0.15) is 0 Å². The maximum absolute atomic E-state index is 11.7. The normalized spacial score (nSPS) is 21.7. The van der Waals surface area contributed by atoms with E-state index in [1.165, 1.54) is 38.5 Å². The summed E-state index contributed by atoms with van der Waals surface area (Å²) in [5.41, 5.74) is 0. The number of hydrogen-bond acceptors (Lipinski definition) is 2. The largest absolute Gasteiger partial charge is 0.342 e. The van der Waals surface area contributed by atoms with Gasteiger partial charge in [-0.2, -0.15) is 0 Å². The molecule has 0 aromatic rings. The Kier molecular flexibility index (Phi) is 4.01. The summed E-state index contributed by atoms with van der Waals surface area (Å²) < 4.78 is 0. The van der Waals surface area contributed by atoms with Gasteiger partial charge in [0.2, 0.25) is 5.91 Å². The van der Waals surface area contributed by atoms with Crippen molar-refractivity contribution in [3.63, 3.8) is 0 Å². The molecule has 0 aromatic heterocycles. The molecule has 1 amide bonds. The van der Waals surface area contributed by atoms with Gasteiger partial charge in [-0.1, -0.05) is 12.8 Å². The molecule has 0 aromatic carbocycles. The molecule has 86 valence electrons. The summed E-state index contributed by atoms with van der Waals surface area (Å²) in [6.07, 6.45) is 7.73. The fourth-order valence-corrected chi connectivity index (χ4v) is 2.16. The van der Waals surface area contributed by atoms with Crippen molar-refractivity contribution < 1.29 is 4.79 Å². The van der Waals surface area contributed by atoms with Gasteiger partial charge in [0.05, 0.1) is 6.54 Å². The van der Waals surface area contributed by atoms with Crippen LogP contribution in [0.3, 0.4) is 0 Å². The molecule has 3 heteroatoms. The number of carbonyl (C=O) groups excluding carboxylic acids is 1. The molecule has 3 nitrogen and oxygen atoms in total. The Hall–Kier alpha value is -0.570. The van der Waals surface area contributed by atoms with Gasteiger partial charge >= 0.3 is 0 Å². The predicted octanol–water partition coefficient (Wildman–Crippen LogP) is 1.39. The lowest BCUT2D eigenvalue weighted by Crippen LogP contribution is -2.41. The second-order valence-electron chi connectivity index (χ2n) is 4.85. The van der Waals surface area contributed by atoms with E-state index < -0.39 is 0 Å². The molecular weight excluding hydrogens is 188 g/mol. The molecule has 2 aliphatic rings. The van der Waals surface area contributed by atoms with E-state index >= 15 is 0 Å². The van der Waals surface area contributed by atoms with Crippen LogP contribution in [0.15, 0.2) is 0 Å². The second-order valence-corrected chi connectivity index (χ2v) is 4.85. The monoisotopic (exact) mass is 210 g/mol. The van der Waals surface area contributed by atoms with Crippen molar-refractivity contribution >= 4 is 5.91 Å². The van der Waals surface area contributed by atoms with E-state index in [1.54, 1.807) is 0 Å². The minimum Gasteiger partial charge on any atom is -0.342 e. The average Bonchev–Trinajstić information content (AvgIpc) is 3.09. The first kappa shape index (κ1) is 10.9. The van der Waals surface area contributed by atoms with Crippen LogP contribution in [0.4, 0.5) is 0 Å². The molecule has 0 spiro atoms. The van der Waals surface area contributed by atoms with Crippen LogP contribution in [-0.2, 0) is 4.79 Å². The molecule has 0 radical (unpaired) electrons. The van der Waals surface area contributed by atoms with E-state index in [4.69, 9.17) is 0 Å². The minimum atomic E-state index is 0.297. The molecule has 0 bridgehead atoms. The van der Waals surface area contributed by atoms with Crippen molar-refractivity contribution in [3.8, 4) is 0 Å². The third-order valence-corrected chi connectivity index (χ3v) is 3.41. The smallest absolute Gasteiger partial charge is 0.236 e. The zero-order chi connectivity index (χ0) is 10.5. The molecule has 1 aliphatic carbocycles. The Bertz CT molecular complexity index is 208. The molecule has 1 aliphatic heterocycles. The highest BCUT2D eigenvalue weighted by atomic mass is 16.2. The van der Waals surface area contributed by atoms with Crippen molar-refractivity contribution in [1.82, 2.24) is 10.2 Å². The van der Waals surface area contributed by atoms with Gasteiger partial charge in [0.15, 0.2) is 0 Å². The number of amides is 1. The first-order valence-corrected chi connectivity index (χ1v) is 6.35. The van der Waals surface area contributed by atoms with Crippen molar-refractivity contribution in [1.29, 1.82) is 0 Å². The van der Waals surface area contributed by atoms with E-state index in [9.17, 15) is 4.79 Å². The van der Waals surface area contributed by atoms with Crippen LogP contribution >= 0.6 is 0 Å². The van der Waals surface area contributed by atoms with E-state index in [2.05, 4.69) is 5.32 Å². The summed E-state index contributed by atoms with van der Waals surface area (Å²) in [6, 6.07) is 0. The number of nitrogens with zero attached hydrogens (tertiary/aromatic N) is 1. The van der Waals surface area contributed by atoms with Crippen LogP contribution in [-0.4, -0.2) is 37.0 Å². The van der Waals surface area contributed by atoms with Gasteiger partial charge in [0.25, 0.3) is 0 Å². The Morgan fingerprint density at radius 3 is 2.60 bits per heavy atom. The average molecular weight is 210 g/mol. The third kappa shape index (κ3) is 3.82. The Labute approximate surface area is 92.2 Å². The maximum atomic E-state index is 11.7. The lowest BCUT2D eigenvalue weighted by molar-refractivity contribution is -0.131. The fraction of sp³-hybridized carbons (Fsp3) is 0.917. The summed E-state index contributed by atoms with van der Waals surface area (Å²) in [5.74, 6) is 1.26. The van der Waals surface area contributed by atoms with Gasteiger partial charge < -0.3 is 10.2 Å². The van der Waals surface area contributed by atoms with Crippen molar-refractivity contribution in [2.45, 2.75) is 38.5 Å². The molecule has 2 rings (SSSR count). The summed E-state index contributed by atoms with van der Waals surface area (Å²) in [7, 11) is 0. The summed E-state index contributed by atoms with van der Waals surface area (Å²) in [5, 5.41) is 3.26. The second kappa shape index (κ2) is 5.50. The number of hydrogen-bond donors (Lipinski definition) is 1. The topological polar surface area (TPSA) is 32.3 Å². The Morgan fingerprint density at radius 1 is 1.20 bits per heavy atom. The molecule has 1 saturated carbocycles. The number of carbonyl (C=O) groups is 1. The molecule has 1 N–H and O–H groups in total. The van der Waals surface area contributed by atoms with Gasteiger partial charge in [-0.05, 0) is 38.1 Å². The van der Waals surface area contributed by atoms with Crippen LogP contribution in [0.25, 0.3) is 0 Å². The zero-order valence-corrected chi connectivity index (χ0v) is 9.50.